The lowest BCUT2D eigenvalue weighted by molar-refractivity contribution is -0.136. The number of hydrogen-bond acceptors (Lipinski definition) is 4. The van der Waals surface area contributed by atoms with Crippen LogP contribution < -0.4 is 15.4 Å². The molecule has 1 atom stereocenters. The van der Waals surface area contributed by atoms with Gasteiger partial charge in [0.15, 0.2) is 5.11 Å². The summed E-state index contributed by atoms with van der Waals surface area (Å²) in [6, 6.07) is 22.5. The predicted molar refractivity (Wildman–Crippen MR) is 134 cm³/mol. The van der Waals surface area contributed by atoms with Crippen molar-refractivity contribution in [1.82, 2.24) is 10.6 Å². The van der Waals surface area contributed by atoms with Crippen molar-refractivity contribution >= 4 is 40.6 Å². The van der Waals surface area contributed by atoms with E-state index in [0.29, 0.717) is 28.0 Å². The van der Waals surface area contributed by atoms with Gasteiger partial charge < -0.3 is 20.1 Å². The van der Waals surface area contributed by atoms with Crippen molar-refractivity contribution in [1.29, 1.82) is 0 Å². The number of nitrogens with one attached hydrogen (secondary N) is 2. The molecule has 0 bridgehead atoms. The number of carbonyl (C=O) groups excluding carboxylic acids is 1. The highest BCUT2D eigenvalue weighted by Gasteiger charge is 2.32. The van der Waals surface area contributed by atoms with Crippen LogP contribution in [0.4, 0.5) is 0 Å². The van der Waals surface area contributed by atoms with Gasteiger partial charge in [-0.15, -0.1) is 0 Å². The molecular formula is C26H23ClN2O3S. The Hall–Kier alpha value is -3.35. The molecule has 1 aliphatic rings. The number of methoxy groups -OCH3 is 1. The lowest BCUT2D eigenvalue weighted by Crippen LogP contribution is -2.45. The Morgan fingerprint density at radius 3 is 2.30 bits per heavy atom. The minimum Gasteiger partial charge on any atom is -0.489 e. The summed E-state index contributed by atoms with van der Waals surface area (Å²) in [7, 11) is 1.36. The number of thiocarbonyl (C=S) groups is 1. The van der Waals surface area contributed by atoms with Gasteiger partial charge >= 0.3 is 5.97 Å². The quantitative estimate of drug-likeness (QED) is 0.369. The molecule has 33 heavy (non-hydrogen) atoms. The first kappa shape index (κ1) is 22.8. The van der Waals surface area contributed by atoms with Gasteiger partial charge in [0.05, 0.1) is 24.4 Å². The fourth-order valence-corrected chi connectivity index (χ4v) is 3.94. The molecule has 0 saturated heterocycles. The maximum Gasteiger partial charge on any atom is 0.338 e. The van der Waals surface area contributed by atoms with E-state index in [0.717, 1.165) is 22.4 Å². The number of hydrogen-bond donors (Lipinski definition) is 2. The first-order valence-electron chi connectivity index (χ1n) is 10.4. The molecule has 0 spiro atoms. The van der Waals surface area contributed by atoms with Gasteiger partial charge in [0.1, 0.15) is 12.4 Å². The lowest BCUT2D eigenvalue weighted by atomic mass is 9.93. The number of esters is 1. The van der Waals surface area contributed by atoms with E-state index >= 15 is 0 Å². The van der Waals surface area contributed by atoms with Crippen LogP contribution in [0.3, 0.4) is 0 Å². The zero-order chi connectivity index (χ0) is 23.4. The van der Waals surface area contributed by atoms with E-state index in [1.807, 2.05) is 36.4 Å². The van der Waals surface area contributed by atoms with Crippen LogP contribution in [0, 0.1) is 6.92 Å². The summed E-state index contributed by atoms with van der Waals surface area (Å²) in [5, 5.41) is 7.31. The number of aryl methyl sites for hydroxylation is 1. The predicted octanol–water partition coefficient (Wildman–Crippen LogP) is 5.33. The average Bonchev–Trinajstić information content (AvgIpc) is 2.83. The van der Waals surface area contributed by atoms with Gasteiger partial charge in [-0.05, 0) is 60.1 Å². The first-order chi connectivity index (χ1) is 15.9. The summed E-state index contributed by atoms with van der Waals surface area (Å²) in [6.07, 6.45) is 0. The molecule has 1 heterocycles. The van der Waals surface area contributed by atoms with E-state index in [4.69, 9.17) is 33.3 Å². The molecule has 4 rings (SSSR count). The number of ether oxygens (including phenoxy) is 2. The maximum atomic E-state index is 12.8. The van der Waals surface area contributed by atoms with Gasteiger partial charge in [0.2, 0.25) is 0 Å². The van der Waals surface area contributed by atoms with Gasteiger partial charge in [-0.1, -0.05) is 65.7 Å². The van der Waals surface area contributed by atoms with Crippen LogP contribution in [-0.4, -0.2) is 18.2 Å². The van der Waals surface area contributed by atoms with Gasteiger partial charge in [-0.3, -0.25) is 0 Å². The molecule has 0 amide bonds. The number of benzene rings is 3. The number of carbonyl (C=O) groups is 1. The van der Waals surface area contributed by atoms with E-state index in [-0.39, 0.29) is 0 Å². The highest BCUT2D eigenvalue weighted by molar-refractivity contribution is 7.80. The summed E-state index contributed by atoms with van der Waals surface area (Å²) < 4.78 is 11.0. The highest BCUT2D eigenvalue weighted by atomic mass is 35.5. The van der Waals surface area contributed by atoms with E-state index in [1.54, 1.807) is 12.1 Å². The second kappa shape index (κ2) is 10.1. The van der Waals surface area contributed by atoms with Gasteiger partial charge in [-0.2, -0.15) is 0 Å². The van der Waals surface area contributed by atoms with Crippen molar-refractivity contribution in [2.24, 2.45) is 0 Å². The largest absolute Gasteiger partial charge is 0.489 e. The molecule has 3 aromatic rings. The Balaban J connectivity index is 1.62. The second-order valence-electron chi connectivity index (χ2n) is 7.66. The van der Waals surface area contributed by atoms with E-state index in [9.17, 15) is 4.79 Å². The molecule has 0 saturated carbocycles. The third-order valence-electron chi connectivity index (χ3n) is 5.35. The molecule has 168 valence electrons. The Kier molecular flexibility index (Phi) is 6.96. The van der Waals surface area contributed by atoms with Crippen LogP contribution in [0.2, 0.25) is 5.02 Å². The highest BCUT2D eigenvalue weighted by Crippen LogP contribution is 2.33. The van der Waals surface area contributed by atoms with Gasteiger partial charge in [0, 0.05) is 5.02 Å². The third-order valence-corrected chi connectivity index (χ3v) is 5.82. The van der Waals surface area contributed by atoms with Crippen molar-refractivity contribution in [2.75, 3.05) is 7.11 Å². The molecule has 0 unspecified atom stereocenters. The van der Waals surface area contributed by atoms with Crippen molar-refractivity contribution in [3.8, 4) is 5.75 Å². The molecule has 3 aromatic carbocycles. The van der Waals surface area contributed by atoms with Crippen molar-refractivity contribution < 1.29 is 14.3 Å². The normalized spacial score (nSPS) is 15.5. The first-order valence-corrected chi connectivity index (χ1v) is 11.2. The number of rotatable bonds is 6. The topological polar surface area (TPSA) is 59.6 Å². The Labute approximate surface area is 203 Å². The molecule has 2 N–H and O–H groups in total. The molecule has 7 heteroatoms. The minimum atomic E-state index is -0.483. The van der Waals surface area contributed by atoms with Crippen molar-refractivity contribution in [2.45, 2.75) is 19.6 Å². The van der Waals surface area contributed by atoms with Crippen LogP contribution in [-0.2, 0) is 16.1 Å². The van der Waals surface area contributed by atoms with Crippen molar-refractivity contribution in [3.63, 3.8) is 0 Å². The Morgan fingerprint density at radius 1 is 1.00 bits per heavy atom. The summed E-state index contributed by atoms with van der Waals surface area (Å²) in [4.78, 5) is 12.8. The Bertz CT molecular complexity index is 1190. The number of halogens is 1. The zero-order valence-electron chi connectivity index (χ0n) is 18.2. The van der Waals surface area contributed by atoms with Crippen LogP contribution in [0.15, 0.2) is 78.4 Å². The fraction of sp³-hybridized carbons (Fsp3) is 0.154. The van der Waals surface area contributed by atoms with Crippen LogP contribution >= 0.6 is 23.8 Å². The summed E-state index contributed by atoms with van der Waals surface area (Å²) in [6.45, 7) is 2.53. The molecule has 0 radical (unpaired) electrons. The van der Waals surface area contributed by atoms with Gasteiger partial charge in [0.25, 0.3) is 0 Å². The smallest absolute Gasteiger partial charge is 0.338 e. The van der Waals surface area contributed by atoms with E-state index in [1.165, 1.54) is 12.7 Å². The Morgan fingerprint density at radius 2 is 1.67 bits per heavy atom. The summed E-state index contributed by atoms with van der Waals surface area (Å²) >= 11 is 11.5. The van der Waals surface area contributed by atoms with Crippen LogP contribution in [0.25, 0.3) is 5.70 Å². The third kappa shape index (κ3) is 5.35. The summed E-state index contributed by atoms with van der Waals surface area (Å²) in [5.41, 5.74) is 4.97. The molecular weight excluding hydrogens is 456 g/mol. The molecule has 0 aliphatic carbocycles. The minimum absolute atomic E-state index is 0.414. The standard InChI is InChI=1S/C26H23ClN2O3S/c1-16-3-5-17(6-4-16)15-32-21-13-9-19(10-14-21)24-22(25(30)31-2)23(28-26(33)29-24)18-7-11-20(27)12-8-18/h3-14,24H,15H2,1-2H3,(H2,28,29,33)/t24-/m0/s1. The van der Waals surface area contributed by atoms with E-state index < -0.39 is 12.0 Å². The zero-order valence-corrected chi connectivity index (χ0v) is 19.8. The van der Waals surface area contributed by atoms with Crippen LogP contribution in [0.1, 0.15) is 28.3 Å². The van der Waals surface area contributed by atoms with Crippen LogP contribution in [0.5, 0.6) is 5.75 Å². The van der Waals surface area contributed by atoms with Crippen molar-refractivity contribution in [3.05, 3.63) is 106 Å². The average molecular weight is 479 g/mol. The lowest BCUT2D eigenvalue weighted by Gasteiger charge is -2.31. The molecule has 1 aliphatic heterocycles. The SMILES string of the molecule is COC(=O)C1=C(c2ccc(Cl)cc2)NC(=S)N[C@H]1c1ccc(OCc2ccc(C)cc2)cc1. The molecule has 0 fully saturated rings. The summed E-state index contributed by atoms with van der Waals surface area (Å²) in [5.74, 6) is 0.282. The monoisotopic (exact) mass is 478 g/mol. The second-order valence-corrected chi connectivity index (χ2v) is 8.51. The maximum absolute atomic E-state index is 12.8. The fourth-order valence-electron chi connectivity index (χ4n) is 3.60. The molecule has 5 nitrogen and oxygen atoms in total. The molecule has 0 aromatic heterocycles. The van der Waals surface area contributed by atoms with Gasteiger partial charge in [-0.25, -0.2) is 4.79 Å². The van der Waals surface area contributed by atoms with E-state index in [2.05, 4.69) is 41.8 Å².